The van der Waals surface area contributed by atoms with E-state index in [1.54, 1.807) is 19.5 Å². The molecule has 1 N–H and O–H groups in total. The fourth-order valence-electron chi connectivity index (χ4n) is 2.23. The van der Waals surface area contributed by atoms with Gasteiger partial charge in [-0.1, -0.05) is 24.3 Å². The number of carbonyl (C=O) groups excluding carboxylic acids is 1. The lowest BCUT2D eigenvalue weighted by atomic mass is 10.1. The number of rotatable bonds is 5. The molecule has 126 valence electrons. The minimum atomic E-state index is -0.276. The number of methoxy groups -OCH3 is 1. The van der Waals surface area contributed by atoms with E-state index in [9.17, 15) is 4.79 Å². The van der Waals surface area contributed by atoms with Crippen LogP contribution in [-0.2, 0) is 0 Å². The smallest absolute Gasteiger partial charge is 0.283 e. The van der Waals surface area contributed by atoms with Gasteiger partial charge in [0, 0.05) is 5.56 Å². The molecule has 0 aliphatic rings. The Kier molecular flexibility index (Phi) is 5.20. The summed E-state index contributed by atoms with van der Waals surface area (Å²) in [5.74, 6) is 0.497. The minimum Gasteiger partial charge on any atom is -0.497 e. The maximum atomic E-state index is 12.2. The molecule has 6 heteroatoms. The molecule has 0 aliphatic heterocycles. The van der Waals surface area contributed by atoms with Crippen LogP contribution in [0.3, 0.4) is 0 Å². The van der Waals surface area contributed by atoms with Crippen molar-refractivity contribution in [3.63, 3.8) is 0 Å². The van der Waals surface area contributed by atoms with Crippen molar-refractivity contribution >= 4 is 23.5 Å². The molecule has 1 amide bonds. The first-order valence-corrected chi connectivity index (χ1v) is 8.48. The van der Waals surface area contributed by atoms with E-state index in [0.29, 0.717) is 4.88 Å². The van der Waals surface area contributed by atoms with Crippen LogP contribution in [0.25, 0.3) is 10.6 Å². The average molecular weight is 351 g/mol. The number of ether oxygens (including phenoxy) is 1. The van der Waals surface area contributed by atoms with E-state index in [1.807, 2.05) is 55.5 Å². The fraction of sp³-hybridized carbons (Fsp3) is 0.105. The molecule has 0 fully saturated rings. The van der Waals surface area contributed by atoms with Gasteiger partial charge in [-0.2, -0.15) is 5.10 Å². The second-order valence-corrected chi connectivity index (χ2v) is 6.35. The van der Waals surface area contributed by atoms with Crippen molar-refractivity contribution in [2.75, 3.05) is 7.11 Å². The third-order valence-electron chi connectivity index (χ3n) is 3.60. The van der Waals surface area contributed by atoms with Gasteiger partial charge in [-0.05, 0) is 42.3 Å². The Morgan fingerprint density at radius 1 is 1.20 bits per heavy atom. The fourth-order valence-corrected chi connectivity index (χ4v) is 3.12. The topological polar surface area (TPSA) is 63.6 Å². The van der Waals surface area contributed by atoms with E-state index in [0.717, 1.165) is 27.4 Å². The summed E-state index contributed by atoms with van der Waals surface area (Å²) in [6.45, 7) is 2.02. The summed E-state index contributed by atoms with van der Waals surface area (Å²) in [6.07, 6.45) is 3.16. The summed E-state index contributed by atoms with van der Waals surface area (Å²) >= 11 is 1.35. The van der Waals surface area contributed by atoms with E-state index in [2.05, 4.69) is 15.5 Å². The predicted octanol–water partition coefficient (Wildman–Crippen LogP) is 3.89. The molecule has 3 rings (SSSR count). The lowest BCUT2D eigenvalue weighted by Crippen LogP contribution is -2.16. The molecular weight excluding hydrogens is 334 g/mol. The van der Waals surface area contributed by atoms with Crippen LogP contribution in [0.15, 0.2) is 59.8 Å². The molecule has 1 heterocycles. The molecule has 1 aromatic heterocycles. The van der Waals surface area contributed by atoms with E-state index in [-0.39, 0.29) is 5.91 Å². The first kappa shape index (κ1) is 16.9. The average Bonchev–Trinajstić information content (AvgIpc) is 3.12. The Morgan fingerprint density at radius 2 is 1.96 bits per heavy atom. The first-order valence-electron chi connectivity index (χ1n) is 7.66. The zero-order chi connectivity index (χ0) is 17.6. The van der Waals surface area contributed by atoms with Gasteiger partial charge in [-0.25, -0.2) is 10.4 Å². The molecule has 0 aliphatic carbocycles. The van der Waals surface area contributed by atoms with Crippen LogP contribution in [-0.4, -0.2) is 24.2 Å². The predicted molar refractivity (Wildman–Crippen MR) is 100 cm³/mol. The van der Waals surface area contributed by atoms with Crippen LogP contribution in [0.2, 0.25) is 0 Å². The first-order chi connectivity index (χ1) is 12.2. The SMILES string of the molecule is COc1ccc(/C=N\NC(=O)c2cnc(-c3ccccc3C)s2)cc1. The standard InChI is InChI=1S/C19H17N3O2S/c1-13-5-3-4-6-16(13)19-20-12-17(25-19)18(23)22-21-11-14-7-9-15(24-2)10-8-14/h3-12H,1-2H3,(H,22,23)/b21-11-. The summed E-state index contributed by atoms with van der Waals surface area (Å²) in [5, 5.41) is 4.81. The largest absolute Gasteiger partial charge is 0.497 e. The van der Waals surface area contributed by atoms with Gasteiger partial charge in [0.1, 0.15) is 15.6 Å². The zero-order valence-corrected chi connectivity index (χ0v) is 14.7. The summed E-state index contributed by atoms with van der Waals surface area (Å²) in [5.41, 5.74) is 5.55. The quantitative estimate of drug-likeness (QED) is 0.560. The molecule has 0 saturated heterocycles. The van der Waals surface area contributed by atoms with Crippen LogP contribution < -0.4 is 10.2 Å². The highest BCUT2D eigenvalue weighted by Gasteiger charge is 2.12. The van der Waals surface area contributed by atoms with Crippen molar-refractivity contribution in [1.29, 1.82) is 0 Å². The molecule has 5 nitrogen and oxygen atoms in total. The highest BCUT2D eigenvalue weighted by Crippen LogP contribution is 2.27. The molecule has 2 aromatic carbocycles. The monoisotopic (exact) mass is 351 g/mol. The number of aromatic nitrogens is 1. The molecule has 0 atom stereocenters. The molecule has 3 aromatic rings. The second-order valence-electron chi connectivity index (χ2n) is 5.32. The zero-order valence-electron chi connectivity index (χ0n) is 13.9. The summed E-state index contributed by atoms with van der Waals surface area (Å²) in [4.78, 5) is 17.1. The summed E-state index contributed by atoms with van der Waals surface area (Å²) in [7, 11) is 1.61. The Morgan fingerprint density at radius 3 is 2.68 bits per heavy atom. The number of thiazole rings is 1. The Labute approximate surface area is 150 Å². The van der Waals surface area contributed by atoms with Crippen LogP contribution >= 0.6 is 11.3 Å². The van der Waals surface area contributed by atoms with E-state index >= 15 is 0 Å². The number of hydrazone groups is 1. The van der Waals surface area contributed by atoms with E-state index in [4.69, 9.17) is 4.74 Å². The minimum absolute atomic E-state index is 0.276. The lowest BCUT2D eigenvalue weighted by molar-refractivity contribution is 0.0959. The number of aryl methyl sites for hydroxylation is 1. The molecule has 0 bridgehead atoms. The Hall–Kier alpha value is -2.99. The maximum Gasteiger partial charge on any atom is 0.283 e. The number of amides is 1. The van der Waals surface area contributed by atoms with Gasteiger partial charge in [-0.15, -0.1) is 11.3 Å². The molecule has 0 radical (unpaired) electrons. The second kappa shape index (κ2) is 7.72. The molecule has 0 spiro atoms. The van der Waals surface area contributed by atoms with Crippen LogP contribution in [0, 0.1) is 6.92 Å². The Balaban J connectivity index is 1.65. The van der Waals surface area contributed by atoms with Crippen molar-refractivity contribution in [2.45, 2.75) is 6.92 Å². The van der Waals surface area contributed by atoms with Crippen molar-refractivity contribution in [3.8, 4) is 16.3 Å². The number of hydrogen-bond acceptors (Lipinski definition) is 5. The summed E-state index contributed by atoms with van der Waals surface area (Å²) < 4.78 is 5.10. The number of carbonyl (C=O) groups is 1. The lowest BCUT2D eigenvalue weighted by Gasteiger charge is -2.00. The van der Waals surface area contributed by atoms with E-state index in [1.165, 1.54) is 11.3 Å². The number of hydrogen-bond donors (Lipinski definition) is 1. The van der Waals surface area contributed by atoms with Crippen molar-refractivity contribution in [2.24, 2.45) is 5.10 Å². The molecule has 25 heavy (non-hydrogen) atoms. The summed E-state index contributed by atoms with van der Waals surface area (Å²) in [6, 6.07) is 15.3. The van der Waals surface area contributed by atoms with Crippen LogP contribution in [0.4, 0.5) is 0 Å². The van der Waals surface area contributed by atoms with Crippen molar-refractivity contribution < 1.29 is 9.53 Å². The van der Waals surface area contributed by atoms with Gasteiger partial charge < -0.3 is 4.74 Å². The number of nitrogens with zero attached hydrogens (tertiary/aromatic N) is 2. The van der Waals surface area contributed by atoms with Crippen LogP contribution in [0.5, 0.6) is 5.75 Å². The maximum absolute atomic E-state index is 12.2. The third-order valence-corrected chi connectivity index (χ3v) is 4.63. The van der Waals surface area contributed by atoms with Gasteiger partial charge in [-0.3, -0.25) is 4.79 Å². The Bertz CT molecular complexity index is 901. The van der Waals surface area contributed by atoms with Crippen LogP contribution in [0.1, 0.15) is 20.8 Å². The van der Waals surface area contributed by atoms with Gasteiger partial charge in [0.15, 0.2) is 0 Å². The molecular formula is C19H17N3O2S. The highest BCUT2D eigenvalue weighted by atomic mass is 32.1. The highest BCUT2D eigenvalue weighted by molar-refractivity contribution is 7.16. The van der Waals surface area contributed by atoms with Crippen molar-refractivity contribution in [1.82, 2.24) is 10.4 Å². The molecule has 0 saturated carbocycles. The number of benzene rings is 2. The number of nitrogens with one attached hydrogen (secondary N) is 1. The van der Waals surface area contributed by atoms with Crippen molar-refractivity contribution in [3.05, 3.63) is 70.7 Å². The van der Waals surface area contributed by atoms with Gasteiger partial charge >= 0.3 is 0 Å². The van der Waals surface area contributed by atoms with Gasteiger partial charge in [0.2, 0.25) is 0 Å². The van der Waals surface area contributed by atoms with Gasteiger partial charge in [0.05, 0.1) is 19.5 Å². The van der Waals surface area contributed by atoms with Gasteiger partial charge in [0.25, 0.3) is 5.91 Å². The normalized spacial score (nSPS) is 10.8. The van der Waals surface area contributed by atoms with E-state index < -0.39 is 0 Å². The third kappa shape index (κ3) is 4.10. The molecule has 0 unspecified atom stereocenters.